The molecule has 0 unspecified atom stereocenters. The topological polar surface area (TPSA) is 84.1 Å². The maximum Gasteiger partial charge on any atom is 0.416 e. The van der Waals surface area contributed by atoms with Gasteiger partial charge in [-0.05, 0) is 25.1 Å². The number of benzene rings is 1. The predicted octanol–water partition coefficient (Wildman–Crippen LogP) is 2.86. The van der Waals surface area contributed by atoms with Crippen LogP contribution in [0.15, 0.2) is 30.6 Å². The summed E-state index contributed by atoms with van der Waals surface area (Å²) >= 11 is 0. The van der Waals surface area contributed by atoms with Gasteiger partial charge in [-0.3, -0.25) is 4.79 Å². The van der Waals surface area contributed by atoms with E-state index in [1.54, 1.807) is 6.92 Å². The minimum Gasteiger partial charge on any atom is -0.461 e. The van der Waals surface area contributed by atoms with E-state index in [0.717, 1.165) is 24.5 Å². The van der Waals surface area contributed by atoms with Crippen LogP contribution in [-0.2, 0) is 10.9 Å². The molecule has 23 heavy (non-hydrogen) atoms. The molecule has 0 saturated carbocycles. The summed E-state index contributed by atoms with van der Waals surface area (Å²) in [7, 11) is 0. The van der Waals surface area contributed by atoms with Crippen LogP contribution in [0, 0.1) is 0 Å². The highest BCUT2D eigenvalue weighted by molar-refractivity contribution is 6.09. The van der Waals surface area contributed by atoms with Gasteiger partial charge in [0, 0.05) is 5.69 Å². The van der Waals surface area contributed by atoms with E-state index in [9.17, 15) is 22.8 Å². The van der Waals surface area contributed by atoms with Gasteiger partial charge < -0.3 is 15.0 Å². The first-order valence-corrected chi connectivity index (χ1v) is 6.52. The summed E-state index contributed by atoms with van der Waals surface area (Å²) in [6.45, 7) is 1.70. The van der Waals surface area contributed by atoms with Crippen LogP contribution < -0.4 is 5.32 Å². The number of ether oxygens (including phenoxy) is 1. The van der Waals surface area contributed by atoms with Crippen molar-refractivity contribution in [3.8, 4) is 0 Å². The summed E-state index contributed by atoms with van der Waals surface area (Å²) in [5.41, 5.74) is -1.40. The van der Waals surface area contributed by atoms with E-state index in [4.69, 9.17) is 4.74 Å². The molecule has 2 aromatic rings. The molecule has 122 valence electrons. The van der Waals surface area contributed by atoms with Crippen LogP contribution in [0.2, 0.25) is 0 Å². The Morgan fingerprint density at radius 3 is 2.74 bits per heavy atom. The number of carbonyl (C=O) groups excluding carboxylic acids is 2. The molecule has 0 aliphatic carbocycles. The van der Waals surface area contributed by atoms with Crippen LogP contribution in [0.4, 0.5) is 18.9 Å². The second-order valence-corrected chi connectivity index (χ2v) is 4.38. The van der Waals surface area contributed by atoms with Gasteiger partial charge in [0.1, 0.15) is 0 Å². The SMILES string of the molecule is CCOC(=O)c1[nH]cnc1C(=O)Nc1cccc(C(F)(F)F)c1. The van der Waals surface area contributed by atoms with Gasteiger partial charge in [-0.15, -0.1) is 0 Å². The maximum atomic E-state index is 12.6. The average molecular weight is 327 g/mol. The van der Waals surface area contributed by atoms with Gasteiger partial charge in [-0.2, -0.15) is 13.2 Å². The number of H-pyrrole nitrogens is 1. The summed E-state index contributed by atoms with van der Waals surface area (Å²) in [5, 5.41) is 2.26. The smallest absolute Gasteiger partial charge is 0.416 e. The van der Waals surface area contributed by atoms with Crippen molar-refractivity contribution in [3.05, 3.63) is 47.5 Å². The van der Waals surface area contributed by atoms with Gasteiger partial charge in [-0.25, -0.2) is 9.78 Å². The molecular weight excluding hydrogens is 315 g/mol. The Balaban J connectivity index is 2.21. The van der Waals surface area contributed by atoms with E-state index in [-0.39, 0.29) is 23.7 Å². The lowest BCUT2D eigenvalue weighted by molar-refractivity contribution is -0.137. The highest BCUT2D eigenvalue weighted by atomic mass is 19.4. The quantitative estimate of drug-likeness (QED) is 0.846. The lowest BCUT2D eigenvalue weighted by atomic mass is 10.2. The number of esters is 1. The molecule has 2 N–H and O–H groups in total. The number of nitrogens with zero attached hydrogens (tertiary/aromatic N) is 1. The number of aromatic amines is 1. The maximum absolute atomic E-state index is 12.6. The van der Waals surface area contributed by atoms with E-state index in [1.807, 2.05) is 0 Å². The third-order valence-corrected chi connectivity index (χ3v) is 2.78. The summed E-state index contributed by atoms with van der Waals surface area (Å²) in [6, 6.07) is 4.13. The van der Waals surface area contributed by atoms with Crippen LogP contribution in [0.1, 0.15) is 33.5 Å². The zero-order valence-electron chi connectivity index (χ0n) is 11.9. The van der Waals surface area contributed by atoms with E-state index >= 15 is 0 Å². The van der Waals surface area contributed by atoms with Gasteiger partial charge in [0.05, 0.1) is 18.5 Å². The molecule has 6 nitrogen and oxygen atoms in total. The van der Waals surface area contributed by atoms with Crippen molar-refractivity contribution in [2.45, 2.75) is 13.1 Å². The normalized spacial score (nSPS) is 11.1. The van der Waals surface area contributed by atoms with E-state index in [1.165, 1.54) is 6.07 Å². The average Bonchev–Trinajstić information content (AvgIpc) is 2.96. The van der Waals surface area contributed by atoms with Crippen molar-refractivity contribution in [2.24, 2.45) is 0 Å². The van der Waals surface area contributed by atoms with Crippen LogP contribution in [0.25, 0.3) is 0 Å². The predicted molar refractivity (Wildman–Crippen MR) is 73.9 cm³/mol. The molecule has 0 aliphatic heterocycles. The number of imidazole rings is 1. The van der Waals surface area contributed by atoms with E-state index in [2.05, 4.69) is 15.3 Å². The van der Waals surface area contributed by atoms with Gasteiger partial charge >= 0.3 is 12.1 Å². The molecule has 1 aromatic heterocycles. The van der Waals surface area contributed by atoms with Gasteiger partial charge in [0.25, 0.3) is 5.91 Å². The first kappa shape index (κ1) is 16.5. The van der Waals surface area contributed by atoms with Crippen LogP contribution in [-0.4, -0.2) is 28.5 Å². The Hall–Kier alpha value is -2.84. The zero-order chi connectivity index (χ0) is 17.0. The number of hydrogen-bond donors (Lipinski definition) is 2. The van der Waals surface area contributed by atoms with E-state index < -0.39 is 23.6 Å². The second-order valence-electron chi connectivity index (χ2n) is 4.38. The molecule has 0 saturated heterocycles. The minimum absolute atomic E-state index is 0.0670. The molecule has 1 amide bonds. The molecule has 1 aromatic carbocycles. The number of hydrogen-bond acceptors (Lipinski definition) is 4. The third-order valence-electron chi connectivity index (χ3n) is 2.78. The fraction of sp³-hybridized carbons (Fsp3) is 0.214. The molecule has 2 rings (SSSR count). The fourth-order valence-electron chi connectivity index (χ4n) is 1.79. The van der Waals surface area contributed by atoms with Gasteiger partial charge in [-0.1, -0.05) is 6.07 Å². The third kappa shape index (κ3) is 3.87. The number of halogens is 3. The fourth-order valence-corrected chi connectivity index (χ4v) is 1.79. The molecule has 0 radical (unpaired) electrons. The number of alkyl halides is 3. The number of rotatable bonds is 4. The molecule has 9 heteroatoms. The number of amides is 1. The zero-order valence-corrected chi connectivity index (χ0v) is 11.9. The Labute approximate surface area is 128 Å². The van der Waals surface area contributed by atoms with E-state index in [0.29, 0.717) is 0 Å². The number of anilines is 1. The minimum atomic E-state index is -4.52. The largest absolute Gasteiger partial charge is 0.461 e. The number of aromatic nitrogens is 2. The highest BCUT2D eigenvalue weighted by Crippen LogP contribution is 2.30. The lowest BCUT2D eigenvalue weighted by Gasteiger charge is -2.09. The Bertz CT molecular complexity index is 725. The Morgan fingerprint density at radius 2 is 2.09 bits per heavy atom. The van der Waals surface area contributed by atoms with Crippen LogP contribution in [0.5, 0.6) is 0 Å². The molecule has 0 aliphatic rings. The monoisotopic (exact) mass is 327 g/mol. The Morgan fingerprint density at radius 1 is 1.35 bits per heavy atom. The summed E-state index contributed by atoms with van der Waals surface area (Å²) in [4.78, 5) is 29.9. The van der Waals surface area contributed by atoms with Crippen molar-refractivity contribution >= 4 is 17.6 Å². The molecule has 0 spiro atoms. The highest BCUT2D eigenvalue weighted by Gasteiger charge is 2.30. The summed E-state index contributed by atoms with van der Waals surface area (Å²) < 4.78 is 42.7. The first-order valence-electron chi connectivity index (χ1n) is 6.52. The van der Waals surface area contributed by atoms with Gasteiger partial charge in [0.15, 0.2) is 11.4 Å². The second kappa shape index (κ2) is 6.51. The van der Waals surface area contributed by atoms with Crippen molar-refractivity contribution in [1.82, 2.24) is 9.97 Å². The molecular formula is C14H12F3N3O3. The van der Waals surface area contributed by atoms with Crippen molar-refractivity contribution < 1.29 is 27.5 Å². The van der Waals surface area contributed by atoms with Crippen molar-refractivity contribution in [3.63, 3.8) is 0 Å². The van der Waals surface area contributed by atoms with Gasteiger partial charge in [0.2, 0.25) is 0 Å². The standard InChI is InChI=1S/C14H12F3N3O3/c1-2-23-13(22)11-10(18-7-19-11)12(21)20-9-5-3-4-8(6-9)14(15,16)17/h3-7H,2H2,1H3,(H,18,19)(H,20,21). The van der Waals surface area contributed by atoms with Crippen molar-refractivity contribution in [1.29, 1.82) is 0 Å². The van der Waals surface area contributed by atoms with Crippen LogP contribution in [0.3, 0.4) is 0 Å². The summed E-state index contributed by atoms with van der Waals surface area (Å²) in [5.74, 6) is -1.60. The van der Waals surface area contributed by atoms with Crippen LogP contribution >= 0.6 is 0 Å². The lowest BCUT2D eigenvalue weighted by Crippen LogP contribution is -2.18. The first-order chi connectivity index (χ1) is 10.8. The molecule has 0 atom stereocenters. The number of nitrogens with one attached hydrogen (secondary N) is 2. The molecule has 1 heterocycles. The number of carbonyl (C=O) groups is 2. The Kier molecular flexibility index (Phi) is 4.68. The summed E-state index contributed by atoms with van der Waals surface area (Å²) in [6.07, 6.45) is -3.41. The molecule has 0 bridgehead atoms. The molecule has 0 fully saturated rings. The van der Waals surface area contributed by atoms with Crippen molar-refractivity contribution in [2.75, 3.05) is 11.9 Å².